The van der Waals surface area contributed by atoms with E-state index in [0.717, 1.165) is 37.8 Å². The van der Waals surface area contributed by atoms with Gasteiger partial charge in [0.15, 0.2) is 0 Å². The highest BCUT2D eigenvalue weighted by molar-refractivity contribution is 5.96. The Labute approximate surface area is 189 Å². The number of carbonyl (C=O) groups is 3. The summed E-state index contributed by atoms with van der Waals surface area (Å²) >= 11 is 0. The Hall–Kier alpha value is -3.56. The number of anilines is 2. The van der Waals surface area contributed by atoms with Gasteiger partial charge in [0.05, 0.1) is 11.3 Å². The first-order valence-electron chi connectivity index (χ1n) is 10.6. The van der Waals surface area contributed by atoms with Gasteiger partial charge in [-0.3, -0.25) is 9.59 Å². The lowest BCUT2D eigenvalue weighted by molar-refractivity contribution is -0.137. The van der Waals surface area contributed by atoms with Crippen LogP contribution in [0.4, 0.5) is 29.3 Å². The van der Waals surface area contributed by atoms with Crippen LogP contribution in [0.3, 0.4) is 0 Å². The Morgan fingerprint density at radius 1 is 0.848 bits per heavy atom. The second kappa shape index (κ2) is 10.8. The zero-order valence-electron chi connectivity index (χ0n) is 17.8. The van der Waals surface area contributed by atoms with Crippen LogP contribution < -0.4 is 21.3 Å². The molecule has 0 heterocycles. The number of halogens is 3. The molecule has 1 saturated carbocycles. The normalized spacial score (nSPS) is 13.9. The van der Waals surface area contributed by atoms with E-state index in [4.69, 9.17) is 0 Å². The molecule has 4 amide bonds. The fourth-order valence-electron chi connectivity index (χ4n) is 3.60. The highest BCUT2D eigenvalue weighted by Crippen LogP contribution is 2.34. The number of rotatable bonds is 7. The van der Waals surface area contributed by atoms with E-state index >= 15 is 0 Å². The number of hydrogen-bond donors (Lipinski definition) is 4. The maximum Gasteiger partial charge on any atom is 0.418 e. The quantitative estimate of drug-likeness (QED) is 0.460. The molecule has 1 aliphatic carbocycles. The summed E-state index contributed by atoms with van der Waals surface area (Å²) in [7, 11) is 0. The topological polar surface area (TPSA) is 99.3 Å². The molecule has 1 aliphatic rings. The molecule has 7 nitrogen and oxygen atoms in total. The summed E-state index contributed by atoms with van der Waals surface area (Å²) in [4.78, 5) is 36.3. The van der Waals surface area contributed by atoms with Crippen LogP contribution in [-0.2, 0) is 11.0 Å². The average Bonchev–Trinajstić information content (AvgIpc) is 3.32. The van der Waals surface area contributed by atoms with E-state index in [1.807, 2.05) is 0 Å². The molecular weight excluding hydrogens is 437 g/mol. The number of benzene rings is 2. The van der Waals surface area contributed by atoms with Crippen LogP contribution in [0.5, 0.6) is 0 Å². The molecule has 0 radical (unpaired) electrons. The van der Waals surface area contributed by atoms with E-state index in [2.05, 4.69) is 21.3 Å². The Kier molecular flexibility index (Phi) is 7.92. The zero-order chi connectivity index (χ0) is 23.8. The first-order valence-corrected chi connectivity index (χ1v) is 10.6. The Bertz CT molecular complexity index is 987. The molecule has 0 aliphatic heterocycles. The van der Waals surface area contributed by atoms with Gasteiger partial charge in [-0.05, 0) is 49.2 Å². The predicted molar refractivity (Wildman–Crippen MR) is 118 cm³/mol. The highest BCUT2D eigenvalue weighted by atomic mass is 19.4. The molecule has 0 bridgehead atoms. The molecule has 4 N–H and O–H groups in total. The van der Waals surface area contributed by atoms with Crippen molar-refractivity contribution < 1.29 is 27.6 Å². The van der Waals surface area contributed by atoms with Crippen molar-refractivity contribution in [2.24, 2.45) is 5.92 Å². The summed E-state index contributed by atoms with van der Waals surface area (Å²) < 4.78 is 38.9. The Balaban J connectivity index is 1.40. The van der Waals surface area contributed by atoms with Crippen molar-refractivity contribution in [1.82, 2.24) is 10.6 Å². The molecule has 0 saturated heterocycles. The number of amides is 4. The van der Waals surface area contributed by atoms with Crippen molar-refractivity contribution in [3.05, 3.63) is 59.7 Å². The molecule has 33 heavy (non-hydrogen) atoms. The summed E-state index contributed by atoms with van der Waals surface area (Å²) in [6.45, 7) is 0.0919. The third-order valence-corrected chi connectivity index (χ3v) is 5.32. The average molecular weight is 462 g/mol. The largest absolute Gasteiger partial charge is 0.418 e. The number of para-hydroxylation sites is 1. The van der Waals surface area contributed by atoms with Gasteiger partial charge >= 0.3 is 12.2 Å². The summed E-state index contributed by atoms with van der Waals surface area (Å²) in [5, 5.41) is 10.0. The van der Waals surface area contributed by atoms with E-state index in [1.54, 1.807) is 24.3 Å². The lowest BCUT2D eigenvalue weighted by Crippen LogP contribution is -2.37. The second-order valence-corrected chi connectivity index (χ2v) is 7.73. The van der Waals surface area contributed by atoms with E-state index in [0.29, 0.717) is 11.3 Å². The molecule has 0 unspecified atom stereocenters. The van der Waals surface area contributed by atoms with Gasteiger partial charge in [0, 0.05) is 30.3 Å². The van der Waals surface area contributed by atoms with Gasteiger partial charge in [0.25, 0.3) is 5.91 Å². The molecule has 10 heteroatoms. The highest BCUT2D eigenvalue weighted by Gasteiger charge is 2.33. The fraction of sp³-hybridized carbons (Fsp3) is 0.348. The van der Waals surface area contributed by atoms with Gasteiger partial charge in [-0.2, -0.15) is 13.2 Å². The summed E-state index contributed by atoms with van der Waals surface area (Å²) in [5.41, 5.74) is -0.318. The van der Waals surface area contributed by atoms with Crippen molar-refractivity contribution in [3.8, 4) is 0 Å². The lowest BCUT2D eigenvalue weighted by atomic mass is 10.1. The maximum atomic E-state index is 13.0. The molecule has 2 aromatic rings. The minimum atomic E-state index is -4.59. The van der Waals surface area contributed by atoms with Crippen LogP contribution in [0, 0.1) is 5.92 Å². The Morgan fingerprint density at radius 2 is 1.48 bits per heavy atom. The third kappa shape index (κ3) is 6.96. The third-order valence-electron chi connectivity index (χ3n) is 5.32. The van der Waals surface area contributed by atoms with Crippen molar-refractivity contribution in [2.45, 2.75) is 31.9 Å². The Morgan fingerprint density at radius 3 is 2.15 bits per heavy atom. The molecule has 176 valence electrons. The molecule has 0 atom stereocenters. The fourth-order valence-corrected chi connectivity index (χ4v) is 3.60. The van der Waals surface area contributed by atoms with Crippen LogP contribution in [0.15, 0.2) is 48.5 Å². The van der Waals surface area contributed by atoms with E-state index < -0.39 is 17.8 Å². The van der Waals surface area contributed by atoms with E-state index in [1.165, 1.54) is 12.1 Å². The zero-order valence-corrected chi connectivity index (χ0v) is 17.8. The minimum Gasteiger partial charge on any atom is -0.350 e. The minimum absolute atomic E-state index is 0.00749. The van der Waals surface area contributed by atoms with E-state index in [-0.39, 0.29) is 36.5 Å². The predicted octanol–water partition coefficient (Wildman–Crippen LogP) is 4.39. The van der Waals surface area contributed by atoms with Gasteiger partial charge in [-0.1, -0.05) is 25.0 Å². The van der Waals surface area contributed by atoms with E-state index in [9.17, 15) is 27.6 Å². The van der Waals surface area contributed by atoms with Gasteiger partial charge in [0.1, 0.15) is 0 Å². The van der Waals surface area contributed by atoms with Crippen LogP contribution in [-0.4, -0.2) is 30.9 Å². The number of carbonyl (C=O) groups excluding carboxylic acids is 3. The molecule has 1 fully saturated rings. The van der Waals surface area contributed by atoms with Gasteiger partial charge in [-0.15, -0.1) is 0 Å². The summed E-state index contributed by atoms with van der Waals surface area (Å²) in [5.74, 6) is -0.347. The van der Waals surface area contributed by atoms with Gasteiger partial charge in [0.2, 0.25) is 5.91 Å². The number of nitrogens with one attached hydrogen (secondary N) is 4. The smallest absolute Gasteiger partial charge is 0.350 e. The molecule has 3 rings (SSSR count). The molecule has 0 aromatic heterocycles. The second-order valence-electron chi connectivity index (χ2n) is 7.73. The molecular formula is C23H25F3N4O3. The standard InChI is InChI=1S/C23H25F3N4O3/c24-23(25,26)18-7-3-4-8-19(18)30-22(33)28-14-13-27-20(31)16-9-11-17(12-10-16)29-21(32)15-5-1-2-6-15/h3-4,7-12,15H,1-2,5-6,13-14H2,(H,27,31)(H,29,32)(H2,28,30,33). The first-order chi connectivity index (χ1) is 15.7. The van der Waals surface area contributed by atoms with Gasteiger partial charge in [-0.25, -0.2) is 4.79 Å². The molecule has 0 spiro atoms. The van der Waals surface area contributed by atoms with Crippen molar-refractivity contribution in [2.75, 3.05) is 23.7 Å². The van der Waals surface area contributed by atoms with Crippen LogP contribution in [0.1, 0.15) is 41.6 Å². The van der Waals surface area contributed by atoms with Crippen molar-refractivity contribution >= 4 is 29.2 Å². The number of alkyl halides is 3. The first kappa shape index (κ1) is 24.1. The van der Waals surface area contributed by atoms with Crippen LogP contribution in [0.25, 0.3) is 0 Å². The van der Waals surface area contributed by atoms with Crippen molar-refractivity contribution in [3.63, 3.8) is 0 Å². The molecule has 2 aromatic carbocycles. The number of hydrogen-bond acceptors (Lipinski definition) is 3. The van der Waals surface area contributed by atoms with Crippen LogP contribution in [0.2, 0.25) is 0 Å². The van der Waals surface area contributed by atoms with Crippen molar-refractivity contribution in [1.29, 1.82) is 0 Å². The lowest BCUT2D eigenvalue weighted by Gasteiger charge is -2.14. The monoisotopic (exact) mass is 462 g/mol. The summed E-state index contributed by atoms with van der Waals surface area (Å²) in [6, 6.07) is 10.3. The SMILES string of the molecule is O=C(NCCNC(=O)c1ccc(NC(=O)C2CCCC2)cc1)Nc1ccccc1C(F)(F)F. The summed E-state index contributed by atoms with van der Waals surface area (Å²) in [6.07, 6.45) is -0.670. The van der Waals surface area contributed by atoms with Gasteiger partial charge < -0.3 is 21.3 Å². The maximum absolute atomic E-state index is 13.0. The number of urea groups is 1. The van der Waals surface area contributed by atoms with Crippen LogP contribution >= 0.6 is 0 Å².